The van der Waals surface area contributed by atoms with Gasteiger partial charge in [0.25, 0.3) is 5.91 Å². The first-order valence-corrected chi connectivity index (χ1v) is 5.95. The third-order valence-electron chi connectivity index (χ3n) is 2.94. The van der Waals surface area contributed by atoms with Crippen LogP contribution in [0.5, 0.6) is 0 Å². The first-order chi connectivity index (χ1) is 8.27. The fraction of sp³-hybridized carbons (Fsp3) is 0.462. The monoisotopic (exact) mass is 234 g/mol. The lowest BCUT2D eigenvalue weighted by molar-refractivity contribution is 0.0732. The van der Waals surface area contributed by atoms with Crippen molar-refractivity contribution in [2.75, 3.05) is 19.7 Å². The van der Waals surface area contributed by atoms with Gasteiger partial charge in [0.2, 0.25) is 0 Å². The molecule has 1 aromatic rings. The Bertz CT molecular complexity index is 407. The van der Waals surface area contributed by atoms with Crippen molar-refractivity contribution in [2.45, 2.75) is 18.9 Å². The van der Waals surface area contributed by atoms with Gasteiger partial charge in [-0.1, -0.05) is 6.08 Å². The molecule has 0 saturated heterocycles. The van der Waals surface area contributed by atoms with Crippen LogP contribution in [0.4, 0.5) is 0 Å². The van der Waals surface area contributed by atoms with Gasteiger partial charge < -0.3 is 14.6 Å². The fourth-order valence-electron chi connectivity index (χ4n) is 1.96. The minimum Gasteiger partial charge on any atom is -0.395 e. The van der Waals surface area contributed by atoms with Crippen LogP contribution in [-0.4, -0.2) is 40.2 Å². The zero-order valence-corrected chi connectivity index (χ0v) is 9.88. The fourth-order valence-corrected chi connectivity index (χ4v) is 1.96. The van der Waals surface area contributed by atoms with Crippen LogP contribution in [-0.2, 0) is 0 Å². The Labute approximate surface area is 101 Å². The van der Waals surface area contributed by atoms with E-state index < -0.39 is 0 Å². The molecule has 0 spiro atoms. The van der Waals surface area contributed by atoms with Crippen molar-refractivity contribution < 1.29 is 9.90 Å². The van der Waals surface area contributed by atoms with E-state index >= 15 is 0 Å². The van der Waals surface area contributed by atoms with Crippen molar-refractivity contribution >= 4 is 5.91 Å². The number of amides is 1. The Balaban J connectivity index is 2.15. The van der Waals surface area contributed by atoms with Gasteiger partial charge in [-0.25, -0.2) is 0 Å². The van der Waals surface area contributed by atoms with Gasteiger partial charge in [-0.3, -0.25) is 4.79 Å². The number of hydrogen-bond acceptors (Lipinski definition) is 2. The second-order valence-corrected chi connectivity index (χ2v) is 4.30. The average molecular weight is 234 g/mol. The normalized spacial score (nSPS) is 14.6. The molecule has 0 aromatic carbocycles. The number of carbonyl (C=O) groups excluding carboxylic acids is 1. The zero-order chi connectivity index (χ0) is 12.3. The number of aliphatic hydroxyl groups excluding tert-OH is 1. The van der Waals surface area contributed by atoms with Gasteiger partial charge in [-0.15, -0.1) is 6.58 Å². The van der Waals surface area contributed by atoms with E-state index in [-0.39, 0.29) is 12.5 Å². The SMILES string of the molecule is C=CCN(CCO)C(=O)c1cccn1C1CC1. The molecule has 1 N–H and O–H groups in total. The van der Waals surface area contributed by atoms with Crippen LogP contribution in [0.1, 0.15) is 29.4 Å². The number of nitrogens with zero attached hydrogens (tertiary/aromatic N) is 2. The van der Waals surface area contributed by atoms with E-state index in [2.05, 4.69) is 6.58 Å². The number of aromatic nitrogens is 1. The molecule has 1 aliphatic carbocycles. The zero-order valence-electron chi connectivity index (χ0n) is 9.88. The summed E-state index contributed by atoms with van der Waals surface area (Å²) < 4.78 is 2.04. The second kappa shape index (κ2) is 5.19. The van der Waals surface area contributed by atoms with Crippen LogP contribution >= 0.6 is 0 Å². The molecular weight excluding hydrogens is 216 g/mol. The molecule has 4 nitrogen and oxygen atoms in total. The molecule has 0 radical (unpaired) electrons. The molecule has 1 amide bonds. The summed E-state index contributed by atoms with van der Waals surface area (Å²) in [6.45, 7) is 4.43. The van der Waals surface area contributed by atoms with Crippen LogP contribution < -0.4 is 0 Å². The molecule has 1 aromatic heterocycles. The summed E-state index contributed by atoms with van der Waals surface area (Å²) >= 11 is 0. The van der Waals surface area contributed by atoms with Crippen molar-refractivity contribution in [3.05, 3.63) is 36.7 Å². The Hall–Kier alpha value is -1.55. The number of hydrogen-bond donors (Lipinski definition) is 1. The lowest BCUT2D eigenvalue weighted by Crippen LogP contribution is -2.34. The van der Waals surface area contributed by atoms with Crippen LogP contribution in [0.25, 0.3) is 0 Å². The molecular formula is C13H18N2O2. The molecule has 1 saturated carbocycles. The molecule has 0 bridgehead atoms. The van der Waals surface area contributed by atoms with Gasteiger partial charge in [-0.05, 0) is 25.0 Å². The molecule has 0 unspecified atom stereocenters. The summed E-state index contributed by atoms with van der Waals surface area (Å²) in [6, 6.07) is 4.23. The van der Waals surface area contributed by atoms with E-state index in [1.54, 1.807) is 11.0 Å². The predicted molar refractivity (Wildman–Crippen MR) is 65.9 cm³/mol. The maximum atomic E-state index is 12.3. The first-order valence-electron chi connectivity index (χ1n) is 5.95. The Morgan fingerprint density at radius 1 is 1.65 bits per heavy atom. The largest absolute Gasteiger partial charge is 0.395 e. The van der Waals surface area contributed by atoms with Crippen LogP contribution in [0.3, 0.4) is 0 Å². The quantitative estimate of drug-likeness (QED) is 0.757. The van der Waals surface area contributed by atoms with Crippen molar-refractivity contribution in [1.29, 1.82) is 0 Å². The lowest BCUT2D eigenvalue weighted by atomic mass is 10.3. The molecule has 2 rings (SSSR count). The third kappa shape index (κ3) is 2.58. The van der Waals surface area contributed by atoms with E-state index in [4.69, 9.17) is 5.11 Å². The minimum atomic E-state index is -0.0316. The molecule has 4 heteroatoms. The van der Waals surface area contributed by atoms with E-state index in [1.165, 1.54) is 0 Å². The van der Waals surface area contributed by atoms with Gasteiger partial charge in [0.05, 0.1) is 6.61 Å². The number of carbonyl (C=O) groups is 1. The van der Waals surface area contributed by atoms with Crippen molar-refractivity contribution in [3.8, 4) is 0 Å². The Morgan fingerprint density at radius 2 is 2.41 bits per heavy atom. The number of rotatable bonds is 6. The van der Waals surface area contributed by atoms with Crippen LogP contribution in [0.15, 0.2) is 31.0 Å². The predicted octanol–water partition coefficient (Wildman–Crippen LogP) is 1.44. The molecule has 0 atom stereocenters. The van der Waals surface area contributed by atoms with Gasteiger partial charge in [0, 0.05) is 25.3 Å². The molecule has 1 fully saturated rings. The standard InChI is InChI=1S/C13H18N2O2/c1-2-7-14(9-10-16)13(17)12-4-3-8-15(12)11-5-6-11/h2-4,8,11,16H,1,5-7,9-10H2. The third-order valence-corrected chi connectivity index (χ3v) is 2.94. The van der Waals surface area contributed by atoms with Gasteiger partial charge in [0.1, 0.15) is 5.69 Å². The maximum absolute atomic E-state index is 12.3. The molecule has 17 heavy (non-hydrogen) atoms. The smallest absolute Gasteiger partial charge is 0.270 e. The Kier molecular flexibility index (Phi) is 3.64. The van der Waals surface area contributed by atoms with Gasteiger partial charge >= 0.3 is 0 Å². The van der Waals surface area contributed by atoms with Crippen molar-refractivity contribution in [3.63, 3.8) is 0 Å². The maximum Gasteiger partial charge on any atom is 0.270 e. The highest BCUT2D eigenvalue weighted by Gasteiger charge is 2.28. The van der Waals surface area contributed by atoms with Crippen molar-refractivity contribution in [2.24, 2.45) is 0 Å². The summed E-state index contributed by atoms with van der Waals surface area (Å²) in [5.41, 5.74) is 0.711. The van der Waals surface area contributed by atoms with Gasteiger partial charge in [0.15, 0.2) is 0 Å². The molecule has 1 heterocycles. The van der Waals surface area contributed by atoms with E-state index in [9.17, 15) is 4.79 Å². The molecule has 0 aliphatic heterocycles. The van der Waals surface area contributed by atoms with Crippen molar-refractivity contribution in [1.82, 2.24) is 9.47 Å². The Morgan fingerprint density at radius 3 is 3.00 bits per heavy atom. The highest BCUT2D eigenvalue weighted by Crippen LogP contribution is 2.36. The minimum absolute atomic E-state index is 0.0241. The summed E-state index contributed by atoms with van der Waals surface area (Å²) in [7, 11) is 0. The summed E-state index contributed by atoms with van der Waals surface area (Å²) in [4.78, 5) is 13.9. The van der Waals surface area contributed by atoms with E-state index in [0.29, 0.717) is 24.8 Å². The highest BCUT2D eigenvalue weighted by molar-refractivity contribution is 5.93. The lowest BCUT2D eigenvalue weighted by Gasteiger charge is -2.20. The summed E-state index contributed by atoms with van der Waals surface area (Å²) in [5, 5.41) is 8.97. The van der Waals surface area contributed by atoms with Crippen LogP contribution in [0.2, 0.25) is 0 Å². The summed E-state index contributed by atoms with van der Waals surface area (Å²) in [5.74, 6) is -0.0316. The highest BCUT2D eigenvalue weighted by atomic mass is 16.3. The van der Waals surface area contributed by atoms with Crippen LogP contribution in [0, 0.1) is 0 Å². The van der Waals surface area contributed by atoms with Gasteiger partial charge in [-0.2, -0.15) is 0 Å². The topological polar surface area (TPSA) is 45.5 Å². The second-order valence-electron chi connectivity index (χ2n) is 4.30. The first kappa shape index (κ1) is 11.9. The summed E-state index contributed by atoms with van der Waals surface area (Å²) in [6.07, 6.45) is 5.93. The number of aliphatic hydroxyl groups is 1. The van der Waals surface area contributed by atoms with E-state index in [0.717, 1.165) is 12.8 Å². The average Bonchev–Trinajstić information content (AvgIpc) is 3.06. The van der Waals surface area contributed by atoms with E-state index in [1.807, 2.05) is 22.9 Å². The molecule has 1 aliphatic rings. The molecule has 92 valence electrons.